The second-order valence-corrected chi connectivity index (χ2v) is 6.58. The lowest BCUT2D eigenvalue weighted by atomic mass is 10.2. The molecule has 0 spiro atoms. The Morgan fingerprint density at radius 1 is 1.31 bits per heavy atom. The summed E-state index contributed by atoms with van der Waals surface area (Å²) in [6.45, 7) is 0. The molecule has 0 aliphatic heterocycles. The lowest BCUT2D eigenvalue weighted by molar-refractivity contribution is -0.137. The zero-order valence-electron chi connectivity index (χ0n) is 13.0. The Morgan fingerprint density at radius 2 is 2.12 bits per heavy atom. The minimum atomic E-state index is -4.52. The molecule has 0 aliphatic carbocycles. The van der Waals surface area contributed by atoms with E-state index in [1.165, 1.54) is 11.3 Å². The second-order valence-electron chi connectivity index (χ2n) is 5.23. The third-order valence-corrected chi connectivity index (χ3v) is 4.54. The first-order valence-electron chi connectivity index (χ1n) is 7.36. The number of amides is 1. The molecule has 0 atom stereocenters. The monoisotopic (exact) mass is 401 g/mol. The van der Waals surface area contributed by atoms with Crippen molar-refractivity contribution in [1.82, 2.24) is 10.1 Å². The van der Waals surface area contributed by atoms with E-state index in [1.54, 1.807) is 0 Å². The van der Waals surface area contributed by atoms with E-state index < -0.39 is 17.6 Å². The molecule has 1 amide bonds. The van der Waals surface area contributed by atoms with Crippen molar-refractivity contribution in [3.8, 4) is 10.7 Å². The molecule has 1 N–H and O–H groups in total. The molecule has 1 aromatic carbocycles. The highest BCUT2D eigenvalue weighted by atomic mass is 35.5. The number of nitrogens with one attached hydrogen (secondary N) is 1. The number of anilines is 1. The number of halogens is 4. The smallest absolute Gasteiger partial charge is 0.339 e. The summed E-state index contributed by atoms with van der Waals surface area (Å²) < 4.78 is 43.3. The average Bonchev–Trinajstić information content (AvgIpc) is 3.25. The van der Waals surface area contributed by atoms with Crippen LogP contribution < -0.4 is 5.32 Å². The molecule has 3 rings (SSSR count). The number of nitrogens with zero attached hydrogens (tertiary/aromatic N) is 2. The number of rotatable bonds is 5. The van der Waals surface area contributed by atoms with Crippen LogP contribution in [0.4, 0.5) is 18.9 Å². The lowest BCUT2D eigenvalue weighted by Crippen LogP contribution is -2.14. The zero-order valence-corrected chi connectivity index (χ0v) is 14.6. The van der Waals surface area contributed by atoms with E-state index in [4.69, 9.17) is 16.1 Å². The normalized spacial score (nSPS) is 11.5. The van der Waals surface area contributed by atoms with E-state index in [0.29, 0.717) is 5.82 Å². The van der Waals surface area contributed by atoms with Crippen LogP contribution in [0.5, 0.6) is 0 Å². The standard InChI is InChI=1S/C16H11ClF3N3O2S/c17-10-4-3-9(16(18,19)20)8-11(10)21-13(24)5-6-14-22-15(23-25-14)12-2-1-7-26-12/h1-4,7-8H,5-6H2,(H,21,24). The summed E-state index contributed by atoms with van der Waals surface area (Å²) in [5, 5.41) is 8.08. The SMILES string of the molecule is O=C(CCc1nc(-c2cccs2)no1)Nc1cc(C(F)(F)F)ccc1Cl. The van der Waals surface area contributed by atoms with Crippen LogP contribution in [-0.2, 0) is 17.4 Å². The second kappa shape index (κ2) is 7.46. The van der Waals surface area contributed by atoms with Gasteiger partial charge in [0.05, 0.1) is 21.2 Å². The van der Waals surface area contributed by atoms with Crippen molar-refractivity contribution < 1.29 is 22.5 Å². The maximum atomic E-state index is 12.7. The quantitative estimate of drug-likeness (QED) is 0.650. The van der Waals surface area contributed by atoms with Crippen LogP contribution in [0.25, 0.3) is 10.7 Å². The number of alkyl halides is 3. The molecule has 2 aromatic heterocycles. The Labute approximate surface area is 154 Å². The summed E-state index contributed by atoms with van der Waals surface area (Å²) >= 11 is 7.30. The van der Waals surface area contributed by atoms with Gasteiger partial charge in [-0.25, -0.2) is 0 Å². The minimum absolute atomic E-state index is 0.0177. The van der Waals surface area contributed by atoms with Gasteiger partial charge in [0.25, 0.3) is 0 Å². The first-order chi connectivity index (χ1) is 12.3. The van der Waals surface area contributed by atoms with Crippen LogP contribution in [0.1, 0.15) is 17.9 Å². The molecular weight excluding hydrogens is 391 g/mol. The first kappa shape index (κ1) is 18.4. The Morgan fingerprint density at radius 3 is 2.81 bits per heavy atom. The van der Waals surface area contributed by atoms with Crippen molar-refractivity contribution >= 4 is 34.5 Å². The molecule has 26 heavy (non-hydrogen) atoms. The van der Waals surface area contributed by atoms with Gasteiger partial charge in [-0.1, -0.05) is 22.8 Å². The molecule has 2 heterocycles. The third-order valence-electron chi connectivity index (χ3n) is 3.34. The fourth-order valence-electron chi connectivity index (χ4n) is 2.09. The maximum Gasteiger partial charge on any atom is 0.416 e. The predicted octanol–water partition coefficient (Wildman–Crippen LogP) is 5.04. The summed E-state index contributed by atoms with van der Waals surface area (Å²) in [5.74, 6) is 0.178. The third kappa shape index (κ3) is 4.41. The molecule has 136 valence electrons. The van der Waals surface area contributed by atoms with Crippen LogP contribution in [0.15, 0.2) is 40.2 Å². The number of thiophene rings is 1. The van der Waals surface area contributed by atoms with Gasteiger partial charge >= 0.3 is 6.18 Å². The van der Waals surface area contributed by atoms with Gasteiger partial charge in [-0.05, 0) is 29.6 Å². The molecule has 0 unspecified atom stereocenters. The van der Waals surface area contributed by atoms with Crippen LogP contribution >= 0.6 is 22.9 Å². The summed E-state index contributed by atoms with van der Waals surface area (Å²) in [4.78, 5) is 17.0. The van der Waals surface area contributed by atoms with Crippen molar-refractivity contribution in [3.63, 3.8) is 0 Å². The number of hydrogen-bond acceptors (Lipinski definition) is 5. The average molecular weight is 402 g/mol. The summed E-state index contributed by atoms with van der Waals surface area (Å²) in [6.07, 6.45) is -4.41. The van der Waals surface area contributed by atoms with Gasteiger partial charge in [-0.2, -0.15) is 18.2 Å². The van der Waals surface area contributed by atoms with Crippen molar-refractivity contribution in [2.45, 2.75) is 19.0 Å². The van der Waals surface area contributed by atoms with E-state index in [2.05, 4.69) is 15.5 Å². The molecule has 5 nitrogen and oxygen atoms in total. The van der Waals surface area contributed by atoms with Crippen LogP contribution in [-0.4, -0.2) is 16.0 Å². The molecule has 0 saturated heterocycles. The van der Waals surface area contributed by atoms with Gasteiger partial charge in [-0.3, -0.25) is 4.79 Å². The van der Waals surface area contributed by atoms with Crippen LogP contribution in [0.3, 0.4) is 0 Å². The Balaban J connectivity index is 1.61. The lowest BCUT2D eigenvalue weighted by Gasteiger charge is -2.11. The van der Waals surface area contributed by atoms with Crippen LogP contribution in [0, 0.1) is 0 Å². The van der Waals surface area contributed by atoms with Crippen LogP contribution in [0.2, 0.25) is 5.02 Å². The largest absolute Gasteiger partial charge is 0.416 e. The molecule has 0 aliphatic rings. The van der Waals surface area contributed by atoms with E-state index in [-0.39, 0.29) is 29.4 Å². The van der Waals surface area contributed by atoms with E-state index in [1.807, 2.05) is 17.5 Å². The molecular formula is C16H11ClF3N3O2S. The highest BCUT2D eigenvalue weighted by molar-refractivity contribution is 7.13. The van der Waals surface area contributed by atoms with Gasteiger partial charge in [0.2, 0.25) is 17.6 Å². The maximum absolute atomic E-state index is 12.7. The van der Waals surface area contributed by atoms with Crippen molar-refractivity contribution in [3.05, 3.63) is 52.2 Å². The number of aryl methyl sites for hydroxylation is 1. The Hall–Kier alpha value is -2.39. The number of carbonyl (C=O) groups is 1. The van der Waals surface area contributed by atoms with E-state index in [9.17, 15) is 18.0 Å². The van der Waals surface area contributed by atoms with Gasteiger partial charge in [0.1, 0.15) is 0 Å². The fourth-order valence-corrected chi connectivity index (χ4v) is 2.91. The van der Waals surface area contributed by atoms with Crippen molar-refractivity contribution in [2.24, 2.45) is 0 Å². The molecule has 0 saturated carbocycles. The predicted molar refractivity (Wildman–Crippen MR) is 91.0 cm³/mol. The topological polar surface area (TPSA) is 68.0 Å². The highest BCUT2D eigenvalue weighted by Crippen LogP contribution is 2.33. The number of aromatic nitrogens is 2. The molecule has 3 aromatic rings. The highest BCUT2D eigenvalue weighted by Gasteiger charge is 2.31. The zero-order chi connectivity index (χ0) is 18.7. The van der Waals surface area contributed by atoms with Gasteiger partial charge in [0.15, 0.2) is 0 Å². The minimum Gasteiger partial charge on any atom is -0.339 e. The van der Waals surface area contributed by atoms with E-state index in [0.717, 1.165) is 23.1 Å². The molecule has 0 fully saturated rings. The number of hydrogen-bond donors (Lipinski definition) is 1. The van der Waals surface area contributed by atoms with Gasteiger partial charge in [-0.15, -0.1) is 11.3 Å². The van der Waals surface area contributed by atoms with Gasteiger partial charge < -0.3 is 9.84 Å². The molecule has 10 heteroatoms. The first-order valence-corrected chi connectivity index (χ1v) is 8.62. The summed E-state index contributed by atoms with van der Waals surface area (Å²) in [5.41, 5.74) is -0.994. The molecule has 0 radical (unpaired) electrons. The Kier molecular flexibility index (Phi) is 5.28. The van der Waals surface area contributed by atoms with E-state index >= 15 is 0 Å². The number of carbonyl (C=O) groups excluding carboxylic acids is 1. The fraction of sp³-hybridized carbons (Fsp3) is 0.188. The number of benzene rings is 1. The van der Waals surface area contributed by atoms with Crippen molar-refractivity contribution in [1.29, 1.82) is 0 Å². The van der Waals surface area contributed by atoms with Crippen molar-refractivity contribution in [2.75, 3.05) is 5.32 Å². The summed E-state index contributed by atoms with van der Waals surface area (Å²) in [6, 6.07) is 6.42. The van der Waals surface area contributed by atoms with Gasteiger partial charge in [0, 0.05) is 12.8 Å². The molecule has 0 bridgehead atoms. The Bertz CT molecular complexity index is 910. The summed E-state index contributed by atoms with van der Waals surface area (Å²) in [7, 11) is 0.